The van der Waals surface area contributed by atoms with Crippen molar-refractivity contribution < 1.29 is 19.4 Å². The first-order valence-electron chi connectivity index (χ1n) is 6.71. The van der Waals surface area contributed by atoms with Crippen LogP contribution in [-0.4, -0.2) is 47.2 Å². The number of hydrogen-bond acceptors (Lipinski definition) is 3. The van der Waals surface area contributed by atoms with E-state index in [0.717, 1.165) is 19.3 Å². The molecular weight excluding hydrogens is 234 g/mol. The van der Waals surface area contributed by atoms with Crippen LogP contribution in [0.1, 0.15) is 33.1 Å². The third-order valence-corrected chi connectivity index (χ3v) is 4.19. The molecule has 1 N–H and O–H groups in total. The molecule has 102 valence electrons. The van der Waals surface area contributed by atoms with Gasteiger partial charge in [-0.1, -0.05) is 6.42 Å². The highest BCUT2D eigenvalue weighted by Crippen LogP contribution is 2.42. The van der Waals surface area contributed by atoms with Gasteiger partial charge >= 0.3 is 5.97 Å². The standard InChI is InChI=1S/C13H21NO4/c1-3-18-8(2)12(15)14-7-9-5-4-6-10(9)11(14)13(16)17/h8-11H,3-7H2,1-2H3,(H,16,17). The van der Waals surface area contributed by atoms with Gasteiger partial charge in [0.15, 0.2) is 0 Å². The predicted molar refractivity (Wildman–Crippen MR) is 65.1 cm³/mol. The number of hydrogen-bond donors (Lipinski definition) is 1. The molecule has 4 atom stereocenters. The minimum Gasteiger partial charge on any atom is -0.480 e. The van der Waals surface area contributed by atoms with Crippen molar-refractivity contribution in [3.63, 3.8) is 0 Å². The Labute approximate surface area is 107 Å². The molecule has 5 nitrogen and oxygen atoms in total. The van der Waals surface area contributed by atoms with E-state index in [1.54, 1.807) is 6.92 Å². The second-order valence-corrected chi connectivity index (χ2v) is 5.23. The highest BCUT2D eigenvalue weighted by Gasteiger charge is 2.50. The molecule has 0 aromatic heterocycles. The van der Waals surface area contributed by atoms with Crippen LogP contribution in [0.3, 0.4) is 0 Å². The van der Waals surface area contributed by atoms with Crippen molar-refractivity contribution in [1.29, 1.82) is 0 Å². The lowest BCUT2D eigenvalue weighted by molar-refractivity contribution is -0.154. The smallest absolute Gasteiger partial charge is 0.326 e. The summed E-state index contributed by atoms with van der Waals surface area (Å²) in [5, 5.41) is 9.36. The molecule has 0 aromatic carbocycles. The van der Waals surface area contributed by atoms with Crippen LogP contribution in [0.25, 0.3) is 0 Å². The number of carbonyl (C=O) groups is 2. The van der Waals surface area contributed by atoms with Crippen molar-refractivity contribution in [2.24, 2.45) is 11.8 Å². The summed E-state index contributed by atoms with van der Waals surface area (Å²) in [6.45, 7) is 4.57. The molecule has 0 radical (unpaired) electrons. The van der Waals surface area contributed by atoms with Crippen LogP contribution >= 0.6 is 0 Å². The van der Waals surface area contributed by atoms with Gasteiger partial charge in [0.1, 0.15) is 12.1 Å². The predicted octanol–water partition coefficient (Wildman–Crippen LogP) is 1.12. The Kier molecular flexibility index (Phi) is 3.90. The summed E-state index contributed by atoms with van der Waals surface area (Å²) >= 11 is 0. The number of nitrogens with zero attached hydrogens (tertiary/aromatic N) is 1. The van der Waals surface area contributed by atoms with Crippen molar-refractivity contribution >= 4 is 11.9 Å². The van der Waals surface area contributed by atoms with Crippen molar-refractivity contribution in [2.45, 2.75) is 45.3 Å². The van der Waals surface area contributed by atoms with Crippen molar-refractivity contribution in [1.82, 2.24) is 4.90 Å². The molecule has 1 saturated heterocycles. The lowest BCUT2D eigenvalue weighted by Crippen LogP contribution is -2.47. The molecule has 1 heterocycles. The van der Waals surface area contributed by atoms with Gasteiger partial charge in [0.05, 0.1) is 0 Å². The van der Waals surface area contributed by atoms with Gasteiger partial charge in [-0.05, 0) is 38.5 Å². The highest BCUT2D eigenvalue weighted by atomic mass is 16.5. The summed E-state index contributed by atoms with van der Waals surface area (Å²) in [5.74, 6) is -0.552. The van der Waals surface area contributed by atoms with E-state index in [1.165, 1.54) is 4.90 Å². The van der Waals surface area contributed by atoms with Gasteiger partial charge in [0, 0.05) is 13.2 Å². The Balaban J connectivity index is 2.12. The van der Waals surface area contributed by atoms with E-state index in [9.17, 15) is 14.7 Å². The van der Waals surface area contributed by atoms with E-state index in [2.05, 4.69) is 0 Å². The zero-order valence-electron chi connectivity index (χ0n) is 11.0. The van der Waals surface area contributed by atoms with Crippen LogP contribution in [0.5, 0.6) is 0 Å². The third kappa shape index (κ3) is 2.23. The van der Waals surface area contributed by atoms with Gasteiger partial charge in [-0.3, -0.25) is 4.79 Å². The summed E-state index contributed by atoms with van der Waals surface area (Å²) in [7, 11) is 0. The number of rotatable bonds is 4. The highest BCUT2D eigenvalue weighted by molar-refractivity contribution is 5.87. The molecule has 1 aliphatic carbocycles. The molecule has 18 heavy (non-hydrogen) atoms. The number of fused-ring (bicyclic) bond motifs is 1. The molecule has 0 bridgehead atoms. The summed E-state index contributed by atoms with van der Waals surface area (Å²) < 4.78 is 5.28. The first-order valence-corrected chi connectivity index (χ1v) is 6.71. The zero-order chi connectivity index (χ0) is 13.3. The van der Waals surface area contributed by atoms with Gasteiger partial charge in [0.2, 0.25) is 0 Å². The van der Waals surface area contributed by atoms with Crippen molar-refractivity contribution in [2.75, 3.05) is 13.2 Å². The minimum absolute atomic E-state index is 0.139. The van der Waals surface area contributed by atoms with Crippen LogP contribution in [0.2, 0.25) is 0 Å². The third-order valence-electron chi connectivity index (χ3n) is 4.19. The maximum absolute atomic E-state index is 12.2. The van der Waals surface area contributed by atoms with Crippen LogP contribution < -0.4 is 0 Å². The molecule has 4 unspecified atom stereocenters. The molecule has 0 spiro atoms. The van der Waals surface area contributed by atoms with Crippen LogP contribution in [0, 0.1) is 11.8 Å². The first-order chi connectivity index (χ1) is 8.56. The topological polar surface area (TPSA) is 66.8 Å². The zero-order valence-corrected chi connectivity index (χ0v) is 11.0. The molecule has 2 aliphatic rings. The van der Waals surface area contributed by atoms with E-state index >= 15 is 0 Å². The van der Waals surface area contributed by atoms with Gasteiger partial charge in [0.25, 0.3) is 5.91 Å². The summed E-state index contributed by atoms with van der Waals surface area (Å²) in [4.78, 5) is 25.1. The maximum Gasteiger partial charge on any atom is 0.326 e. The number of carbonyl (C=O) groups excluding carboxylic acids is 1. The molecule has 2 fully saturated rings. The largest absolute Gasteiger partial charge is 0.480 e. The molecule has 0 aromatic rings. The Bertz CT molecular complexity index is 344. The van der Waals surface area contributed by atoms with Crippen LogP contribution in [0.4, 0.5) is 0 Å². The fourth-order valence-corrected chi connectivity index (χ4v) is 3.40. The van der Waals surface area contributed by atoms with E-state index in [1.807, 2.05) is 6.92 Å². The quantitative estimate of drug-likeness (QED) is 0.817. The molecule has 1 aliphatic heterocycles. The van der Waals surface area contributed by atoms with Crippen molar-refractivity contribution in [3.8, 4) is 0 Å². The number of carboxylic acids is 1. The Hall–Kier alpha value is -1.10. The second-order valence-electron chi connectivity index (χ2n) is 5.23. The molecule has 2 rings (SSSR count). The minimum atomic E-state index is -0.874. The van der Waals surface area contributed by atoms with E-state index in [-0.39, 0.29) is 11.8 Å². The first kappa shape index (κ1) is 13.3. The van der Waals surface area contributed by atoms with E-state index in [0.29, 0.717) is 19.1 Å². The fourth-order valence-electron chi connectivity index (χ4n) is 3.40. The van der Waals surface area contributed by atoms with Crippen molar-refractivity contribution in [3.05, 3.63) is 0 Å². The number of amides is 1. The van der Waals surface area contributed by atoms with Gasteiger partial charge in [-0.25, -0.2) is 4.79 Å². The van der Waals surface area contributed by atoms with E-state index in [4.69, 9.17) is 4.74 Å². The Morgan fingerprint density at radius 3 is 2.78 bits per heavy atom. The molecule has 5 heteroatoms. The second kappa shape index (κ2) is 5.26. The summed E-state index contributed by atoms with van der Waals surface area (Å²) in [5.41, 5.74) is 0. The van der Waals surface area contributed by atoms with Crippen LogP contribution in [-0.2, 0) is 14.3 Å². The lowest BCUT2D eigenvalue weighted by Gasteiger charge is -2.26. The maximum atomic E-state index is 12.2. The number of aliphatic carboxylic acids is 1. The van der Waals surface area contributed by atoms with Gasteiger partial charge < -0.3 is 14.7 Å². The number of ether oxygens (including phenoxy) is 1. The summed E-state index contributed by atoms with van der Waals surface area (Å²) in [6.07, 6.45) is 2.51. The molecule has 1 amide bonds. The average molecular weight is 255 g/mol. The average Bonchev–Trinajstić information content (AvgIpc) is 2.86. The number of likely N-dealkylation sites (tertiary alicyclic amines) is 1. The van der Waals surface area contributed by atoms with Crippen LogP contribution in [0.15, 0.2) is 0 Å². The van der Waals surface area contributed by atoms with Gasteiger partial charge in [-0.15, -0.1) is 0 Å². The normalized spacial score (nSPS) is 32.3. The Morgan fingerprint density at radius 2 is 2.17 bits per heavy atom. The lowest BCUT2D eigenvalue weighted by atomic mass is 9.94. The molecule has 1 saturated carbocycles. The van der Waals surface area contributed by atoms with E-state index < -0.39 is 18.1 Å². The SMILES string of the molecule is CCOC(C)C(=O)N1CC2CCCC2C1C(=O)O. The monoisotopic (exact) mass is 255 g/mol. The Morgan fingerprint density at radius 1 is 1.44 bits per heavy atom. The van der Waals surface area contributed by atoms with Gasteiger partial charge in [-0.2, -0.15) is 0 Å². The fraction of sp³-hybridized carbons (Fsp3) is 0.846. The molecular formula is C13H21NO4. The number of carboxylic acid groups (broad SMARTS) is 1. The summed E-state index contributed by atoms with van der Waals surface area (Å²) in [6, 6.07) is -0.645.